The molecular weight excluding hydrogens is 1660 g/mol. The first-order valence-electron chi connectivity index (χ1n) is 45.0. The van der Waals surface area contributed by atoms with Gasteiger partial charge in [-0.15, -0.1) is 0 Å². The van der Waals surface area contributed by atoms with Crippen LogP contribution in [0.25, 0.3) is 66.9 Å². The van der Waals surface area contributed by atoms with Gasteiger partial charge in [0, 0.05) is 142 Å². The Morgan fingerprint density at radius 2 is 0.644 bits per heavy atom. The molecule has 27 heteroatoms. The number of amidine groups is 6. The Labute approximate surface area is 766 Å². The lowest BCUT2D eigenvalue weighted by atomic mass is 9.90. The zero-order valence-corrected chi connectivity index (χ0v) is 75.7. The summed E-state index contributed by atoms with van der Waals surface area (Å²) in [5.74, 6) is 0.0143. The fraction of sp³-hybridized carbons (Fsp3) is 0.324. The number of aromatic nitrogens is 7. The summed E-state index contributed by atoms with van der Waals surface area (Å²) in [7, 11) is 1.52. The monoisotopic (exact) mass is 1770 g/mol. The van der Waals surface area contributed by atoms with Crippen LogP contribution in [0.4, 0.5) is 4.39 Å². The number of hydrogen-bond donors (Lipinski definition) is 6. The number of fused-ring (bicyclic) bond motifs is 6. The number of aliphatic imine (C=N–C) groups is 6. The normalized spacial score (nSPS) is 25.9. The summed E-state index contributed by atoms with van der Waals surface area (Å²) in [6, 6.07) is 60.1. The average molecular weight is 1770 g/mol. The van der Waals surface area contributed by atoms with Gasteiger partial charge in [-0.25, -0.2) is 39.3 Å². The van der Waals surface area contributed by atoms with E-state index in [4.69, 9.17) is 67.6 Å². The first-order valence-corrected chi connectivity index (χ1v) is 45.0. The van der Waals surface area contributed by atoms with Crippen molar-refractivity contribution < 1.29 is 37.5 Å². The maximum absolute atomic E-state index is 14.4. The van der Waals surface area contributed by atoms with Gasteiger partial charge in [-0.1, -0.05) is 115 Å². The van der Waals surface area contributed by atoms with Crippen LogP contribution in [0.5, 0.6) is 5.88 Å². The fourth-order valence-electron chi connectivity index (χ4n) is 21.7. The van der Waals surface area contributed by atoms with Gasteiger partial charge in [0.05, 0.1) is 31.4 Å². The van der Waals surface area contributed by atoms with Crippen molar-refractivity contribution in [2.45, 2.75) is 209 Å². The highest BCUT2D eigenvalue weighted by molar-refractivity contribution is 5.83. The van der Waals surface area contributed by atoms with Crippen LogP contribution in [-0.4, -0.2) is 148 Å². The number of benzene rings is 6. The van der Waals surface area contributed by atoms with Crippen LogP contribution in [-0.2, 0) is 105 Å². The molecule has 12 atom stereocenters. The molecule has 12 heterocycles. The summed E-state index contributed by atoms with van der Waals surface area (Å²) in [5, 5.41) is 7.83. The number of ether oxygens (including phenoxy) is 7. The van der Waals surface area contributed by atoms with Gasteiger partial charge in [-0.2, -0.15) is 10.2 Å². The number of halogens is 1. The molecule has 12 aromatic rings. The average Bonchev–Trinajstić information content (AvgIpc) is 1.61. The molecule has 0 fully saturated rings. The van der Waals surface area contributed by atoms with Crippen LogP contribution < -0.4 is 39.1 Å². The van der Waals surface area contributed by atoms with Crippen LogP contribution in [0, 0.1) is 26.6 Å². The minimum Gasteiger partial charge on any atom is -0.481 e. The Bertz CT molecular complexity index is 6450. The summed E-state index contributed by atoms with van der Waals surface area (Å²) < 4.78 is 53.1. The second-order valence-corrected chi connectivity index (χ2v) is 36.8. The van der Waals surface area contributed by atoms with Crippen LogP contribution in [0.1, 0.15) is 125 Å². The molecule has 0 radical (unpaired) electrons. The van der Waals surface area contributed by atoms with Crippen LogP contribution >= 0.6 is 0 Å². The predicted molar refractivity (Wildman–Crippen MR) is 510 cm³/mol. The highest BCUT2D eigenvalue weighted by Gasteiger charge is 2.54. The van der Waals surface area contributed by atoms with E-state index >= 15 is 0 Å². The van der Waals surface area contributed by atoms with Gasteiger partial charge < -0.3 is 67.6 Å². The molecule has 0 unspecified atom stereocenters. The Morgan fingerprint density at radius 1 is 0.303 bits per heavy atom. The van der Waals surface area contributed by atoms with Gasteiger partial charge in [-0.3, -0.25) is 19.9 Å². The SMILES string of the molecule is COc1cc(-c2cccc3c2C[C@@]2(C3)N=C(N)O[C@@H]2C)c(F)cn1.C[C@H]1OC(N)=N[C@@]12Cc1cccc(-c3ccccn3)c1C2.C[C@H]1OC(N)=N[C@@]12Cc1cccc(-c3ccnnc3)c1C2.Cc1cc(-c2cccc3c2C[C@@]2(C3)N=C(N)O[C@@H]2C)ccn1.Cc1cc(-c2cccc3c2C[C@@]2(C3)N=C(N)O[C@@H]2C)ccn1.Cc1cnccc1-c1cccc2c1C[C@@]1(C2)N=C(N)O[C@@H]1C. The zero-order chi connectivity index (χ0) is 91.8. The molecular formula is C105H108FN19O7. The fourth-order valence-corrected chi connectivity index (χ4v) is 21.7. The molecule has 26 nitrogen and oxygen atoms in total. The number of methoxy groups -OCH3 is 1. The van der Waals surface area contributed by atoms with Crippen molar-refractivity contribution in [2.24, 2.45) is 64.4 Å². The maximum Gasteiger partial charge on any atom is 0.282 e. The highest BCUT2D eigenvalue weighted by atomic mass is 19.1. The van der Waals surface area contributed by atoms with E-state index in [0.29, 0.717) is 48.0 Å². The minimum atomic E-state index is -0.393. The number of nitrogens with zero attached hydrogens (tertiary/aromatic N) is 13. The van der Waals surface area contributed by atoms with Crippen LogP contribution in [0.3, 0.4) is 0 Å². The summed E-state index contributed by atoms with van der Waals surface area (Å²) in [5.41, 5.74) is 65.4. The molecule has 12 aliphatic rings. The molecule has 672 valence electrons. The topological polar surface area (TPSA) is 385 Å². The quantitative estimate of drug-likeness (QED) is 0.0863. The summed E-state index contributed by atoms with van der Waals surface area (Å²) >= 11 is 0. The third-order valence-electron chi connectivity index (χ3n) is 28.7. The zero-order valence-electron chi connectivity index (χ0n) is 75.7. The summed E-state index contributed by atoms with van der Waals surface area (Å²) in [6.07, 6.45) is 24.2. The predicted octanol–water partition coefficient (Wildman–Crippen LogP) is 14.4. The van der Waals surface area contributed by atoms with E-state index in [-0.39, 0.29) is 76.2 Å². The van der Waals surface area contributed by atoms with Gasteiger partial charge in [0.15, 0.2) is 0 Å². The van der Waals surface area contributed by atoms with E-state index in [0.717, 1.165) is 110 Å². The molecule has 24 rings (SSSR count). The van der Waals surface area contributed by atoms with Gasteiger partial charge in [-0.05, 0) is 228 Å². The largest absolute Gasteiger partial charge is 0.481 e. The van der Waals surface area contributed by atoms with Crippen molar-refractivity contribution in [1.82, 2.24) is 35.1 Å². The highest BCUT2D eigenvalue weighted by Crippen LogP contribution is 2.51. The first kappa shape index (κ1) is 86.9. The van der Waals surface area contributed by atoms with E-state index in [1.54, 1.807) is 18.5 Å². The van der Waals surface area contributed by atoms with Gasteiger partial charge >= 0.3 is 0 Å². The lowest BCUT2D eigenvalue weighted by Crippen LogP contribution is -2.36. The van der Waals surface area contributed by atoms with Crippen molar-refractivity contribution in [2.75, 3.05) is 7.11 Å². The van der Waals surface area contributed by atoms with Gasteiger partial charge in [0.2, 0.25) is 5.88 Å². The smallest absolute Gasteiger partial charge is 0.282 e. The van der Waals surface area contributed by atoms with E-state index < -0.39 is 5.54 Å². The minimum absolute atomic E-state index is 0.00770. The summed E-state index contributed by atoms with van der Waals surface area (Å²) in [4.78, 5) is 48.8. The molecule has 0 bridgehead atoms. The lowest BCUT2D eigenvalue weighted by molar-refractivity contribution is 0.157. The van der Waals surface area contributed by atoms with Crippen molar-refractivity contribution in [3.8, 4) is 72.8 Å². The lowest BCUT2D eigenvalue weighted by Gasteiger charge is -2.23. The standard InChI is InChI=1S/C18H18FN3O2.3C18H19N3O.C17H17N3O.C16H16N4O/c1-10-18(22-17(20)24-10)7-11-4-3-5-12(14(11)8-18)13-6-16(23-2)21-9-15(13)19;1-11-10-20-7-6-14(11)15-5-3-4-13-8-18(9-16(13)15)12(2)22-17(19)21-18;2*1-11-8-13(6-7-20-11)15-5-3-4-14-9-18(10-16(14)15)12(2)22-17(19)21-18;1-11-17(20-16(18)21-11)9-12-5-4-6-13(14(12)10-17)15-7-2-3-8-19-15;1-10-16(20-15(17)21-10)7-11-3-2-4-13(14(11)8-16)12-5-6-18-19-9-12/h3-6,9-10H,7-8H2,1-2H3,(H2,20,22);3-7,10,12H,8-9H2,1-2H3,(H2,19,21);2*3-8,12H,9-10H2,1-2H3,(H2,19,21);2-8,11H,9-10H2,1H3,(H2,18,20);2-6,9-10H,7-8H2,1H3,(H2,17,20)/t10-,18-;3*12-,18-;11-,17-;10-,16-/m111111/s1. The van der Waals surface area contributed by atoms with Crippen molar-refractivity contribution in [1.29, 1.82) is 0 Å². The molecule has 6 aromatic carbocycles. The molecule has 12 N–H and O–H groups in total. The molecule has 6 aliphatic carbocycles. The van der Waals surface area contributed by atoms with Crippen molar-refractivity contribution in [3.63, 3.8) is 0 Å². The molecule has 0 amide bonds. The first-order chi connectivity index (χ1) is 63.6. The molecule has 6 spiro atoms. The van der Waals surface area contributed by atoms with E-state index in [2.05, 4.69) is 227 Å². The number of aryl methyl sites for hydroxylation is 3. The summed E-state index contributed by atoms with van der Waals surface area (Å²) in [6.45, 7) is 18.4. The number of hydrogen-bond acceptors (Lipinski definition) is 26. The second-order valence-electron chi connectivity index (χ2n) is 36.8. The Hall–Kier alpha value is -14.5. The number of rotatable bonds is 7. The van der Waals surface area contributed by atoms with Crippen molar-refractivity contribution in [3.05, 3.63) is 309 Å². The van der Waals surface area contributed by atoms with E-state index in [1.165, 1.54) is 119 Å². The molecule has 0 saturated carbocycles. The molecule has 6 aromatic heterocycles. The van der Waals surface area contributed by atoms with E-state index in [9.17, 15) is 4.39 Å². The van der Waals surface area contributed by atoms with Gasteiger partial charge in [0.25, 0.3) is 36.1 Å². The maximum atomic E-state index is 14.4. The van der Waals surface area contributed by atoms with Crippen molar-refractivity contribution >= 4 is 36.1 Å². The Kier molecular flexibility index (Phi) is 22.6. The second kappa shape index (κ2) is 34.4. The number of nitrogens with two attached hydrogens (primary N) is 6. The Morgan fingerprint density at radius 3 is 0.970 bits per heavy atom. The van der Waals surface area contributed by atoms with E-state index in [1.807, 2.05) is 95.1 Å². The third kappa shape index (κ3) is 16.2. The Balaban J connectivity index is 0.000000102. The third-order valence-corrected chi connectivity index (χ3v) is 28.7. The van der Waals surface area contributed by atoms with Crippen LogP contribution in [0.15, 0.2) is 249 Å². The van der Waals surface area contributed by atoms with Gasteiger partial charge in [0.1, 0.15) is 75.7 Å². The van der Waals surface area contributed by atoms with Crippen LogP contribution in [0.2, 0.25) is 0 Å². The molecule has 132 heavy (non-hydrogen) atoms. The number of pyridine rings is 5. The molecule has 0 saturated heterocycles. The molecule has 6 aliphatic heterocycles.